The lowest BCUT2D eigenvalue weighted by Crippen LogP contribution is -2.29. The van der Waals surface area contributed by atoms with Gasteiger partial charge in [0.2, 0.25) is 0 Å². The summed E-state index contributed by atoms with van der Waals surface area (Å²) in [5, 5.41) is 0. The van der Waals surface area contributed by atoms with E-state index in [1.54, 1.807) is 0 Å². The van der Waals surface area contributed by atoms with Gasteiger partial charge in [-0.3, -0.25) is 9.59 Å². The fraction of sp³-hybridized carbons (Fsp3) is 0.875. The molecule has 0 heterocycles. The predicted octanol–water partition coefficient (Wildman–Crippen LogP) is 3.72. The van der Waals surface area contributed by atoms with Gasteiger partial charge in [-0.15, -0.1) is 0 Å². The lowest BCUT2D eigenvalue weighted by Gasteiger charge is -2.24. The van der Waals surface area contributed by atoms with E-state index < -0.39 is 5.41 Å². The standard InChI is InChI=1S/C16H30O4/c1-7-13(4)20-15(18)16(5,6)10-8-9-14(17)19-11-12(2)3/h12-13H,7-11H2,1-6H3. The lowest BCUT2D eigenvalue weighted by atomic mass is 9.87. The first-order chi connectivity index (χ1) is 9.19. The first kappa shape index (κ1) is 18.9. The van der Waals surface area contributed by atoms with E-state index >= 15 is 0 Å². The molecule has 0 rings (SSSR count). The van der Waals surface area contributed by atoms with Crippen molar-refractivity contribution in [3.8, 4) is 0 Å². The second kappa shape index (κ2) is 8.98. The van der Waals surface area contributed by atoms with Crippen molar-refractivity contribution in [3.05, 3.63) is 0 Å². The average molecular weight is 286 g/mol. The summed E-state index contributed by atoms with van der Waals surface area (Å²) in [5.41, 5.74) is -0.554. The van der Waals surface area contributed by atoms with Crippen molar-refractivity contribution >= 4 is 11.9 Å². The van der Waals surface area contributed by atoms with Crippen LogP contribution in [0.5, 0.6) is 0 Å². The molecule has 0 N–H and O–H groups in total. The Morgan fingerprint density at radius 1 is 1.15 bits per heavy atom. The summed E-state index contributed by atoms with van der Waals surface area (Å²) in [4.78, 5) is 23.5. The molecular weight excluding hydrogens is 256 g/mol. The molecule has 0 fully saturated rings. The second-order valence-electron chi connectivity index (χ2n) is 6.44. The molecule has 1 atom stereocenters. The Morgan fingerprint density at radius 2 is 1.75 bits per heavy atom. The van der Waals surface area contributed by atoms with Crippen molar-refractivity contribution in [2.45, 2.75) is 73.3 Å². The van der Waals surface area contributed by atoms with E-state index in [1.807, 2.05) is 41.5 Å². The van der Waals surface area contributed by atoms with Gasteiger partial charge >= 0.3 is 11.9 Å². The number of ether oxygens (including phenoxy) is 2. The van der Waals surface area contributed by atoms with Crippen LogP contribution in [0.2, 0.25) is 0 Å². The molecule has 0 aliphatic carbocycles. The van der Waals surface area contributed by atoms with Crippen LogP contribution >= 0.6 is 0 Å². The van der Waals surface area contributed by atoms with Gasteiger partial charge < -0.3 is 9.47 Å². The minimum Gasteiger partial charge on any atom is -0.465 e. The summed E-state index contributed by atoms with van der Waals surface area (Å²) in [6, 6.07) is 0. The zero-order valence-corrected chi connectivity index (χ0v) is 13.8. The molecule has 0 spiro atoms. The maximum Gasteiger partial charge on any atom is 0.311 e. The van der Waals surface area contributed by atoms with Crippen LogP contribution in [0.3, 0.4) is 0 Å². The van der Waals surface area contributed by atoms with E-state index in [0.29, 0.717) is 31.8 Å². The minimum atomic E-state index is -0.554. The van der Waals surface area contributed by atoms with Crippen LogP contribution in [-0.4, -0.2) is 24.6 Å². The maximum absolute atomic E-state index is 12.0. The fourth-order valence-electron chi connectivity index (χ4n) is 1.53. The molecule has 0 aliphatic rings. The average Bonchev–Trinajstić information content (AvgIpc) is 2.35. The monoisotopic (exact) mass is 286 g/mol. The summed E-state index contributed by atoms with van der Waals surface area (Å²) in [6.07, 6.45) is 2.37. The van der Waals surface area contributed by atoms with Gasteiger partial charge in [0.15, 0.2) is 0 Å². The fourth-order valence-corrected chi connectivity index (χ4v) is 1.53. The van der Waals surface area contributed by atoms with Crippen molar-refractivity contribution in [2.24, 2.45) is 11.3 Å². The van der Waals surface area contributed by atoms with Gasteiger partial charge in [-0.25, -0.2) is 0 Å². The summed E-state index contributed by atoms with van der Waals surface area (Å²) in [6.45, 7) is 12.0. The highest BCUT2D eigenvalue weighted by Crippen LogP contribution is 2.26. The van der Waals surface area contributed by atoms with E-state index in [4.69, 9.17) is 9.47 Å². The molecule has 0 radical (unpaired) electrons. The van der Waals surface area contributed by atoms with Crippen LogP contribution in [0.1, 0.15) is 67.2 Å². The van der Waals surface area contributed by atoms with Crippen molar-refractivity contribution < 1.29 is 19.1 Å². The Labute approximate surface area is 123 Å². The van der Waals surface area contributed by atoms with Crippen LogP contribution < -0.4 is 0 Å². The van der Waals surface area contributed by atoms with E-state index in [2.05, 4.69) is 0 Å². The van der Waals surface area contributed by atoms with Crippen LogP contribution in [0, 0.1) is 11.3 Å². The number of carbonyl (C=O) groups is 2. The maximum atomic E-state index is 12.0. The Kier molecular flexibility index (Phi) is 8.51. The highest BCUT2D eigenvalue weighted by molar-refractivity contribution is 5.76. The highest BCUT2D eigenvalue weighted by atomic mass is 16.5. The first-order valence-corrected chi connectivity index (χ1v) is 7.55. The van der Waals surface area contributed by atoms with Crippen LogP contribution in [0.15, 0.2) is 0 Å². The minimum absolute atomic E-state index is 0.0576. The molecule has 4 heteroatoms. The third kappa shape index (κ3) is 8.18. The summed E-state index contributed by atoms with van der Waals surface area (Å²) in [5.74, 6) is -0.0342. The molecule has 0 aromatic carbocycles. The van der Waals surface area contributed by atoms with Crippen LogP contribution in [0.25, 0.3) is 0 Å². The second-order valence-corrected chi connectivity index (χ2v) is 6.44. The summed E-state index contributed by atoms with van der Waals surface area (Å²) >= 11 is 0. The Balaban J connectivity index is 4.03. The molecule has 0 aromatic heterocycles. The molecular formula is C16H30O4. The molecule has 0 aliphatic heterocycles. The number of hydrogen-bond donors (Lipinski definition) is 0. The lowest BCUT2D eigenvalue weighted by molar-refractivity contribution is -0.159. The Bertz CT molecular complexity index is 308. The number of rotatable bonds is 9. The van der Waals surface area contributed by atoms with Gasteiger partial charge in [-0.2, -0.15) is 0 Å². The molecule has 118 valence electrons. The molecule has 0 bridgehead atoms. The van der Waals surface area contributed by atoms with Gasteiger partial charge in [-0.05, 0) is 46.0 Å². The third-order valence-electron chi connectivity index (χ3n) is 3.20. The zero-order valence-electron chi connectivity index (χ0n) is 13.8. The highest BCUT2D eigenvalue weighted by Gasteiger charge is 2.30. The topological polar surface area (TPSA) is 52.6 Å². The molecule has 1 unspecified atom stereocenters. The number of carbonyl (C=O) groups excluding carboxylic acids is 2. The van der Waals surface area contributed by atoms with Crippen LogP contribution in [0.4, 0.5) is 0 Å². The molecule has 4 nitrogen and oxygen atoms in total. The first-order valence-electron chi connectivity index (χ1n) is 7.55. The van der Waals surface area contributed by atoms with Crippen molar-refractivity contribution in [2.75, 3.05) is 6.61 Å². The molecule has 0 saturated carbocycles. The van der Waals surface area contributed by atoms with E-state index in [9.17, 15) is 9.59 Å². The molecule has 0 amide bonds. The zero-order chi connectivity index (χ0) is 15.8. The third-order valence-corrected chi connectivity index (χ3v) is 3.20. The normalized spacial score (nSPS) is 13.2. The van der Waals surface area contributed by atoms with Gasteiger partial charge in [-0.1, -0.05) is 20.8 Å². The van der Waals surface area contributed by atoms with Crippen molar-refractivity contribution in [1.29, 1.82) is 0 Å². The number of esters is 2. The molecule has 20 heavy (non-hydrogen) atoms. The van der Waals surface area contributed by atoms with Gasteiger partial charge in [0.05, 0.1) is 18.1 Å². The van der Waals surface area contributed by atoms with E-state index in [0.717, 1.165) is 6.42 Å². The number of hydrogen-bond acceptors (Lipinski definition) is 4. The summed E-state index contributed by atoms with van der Waals surface area (Å²) in [7, 11) is 0. The quantitative estimate of drug-likeness (QED) is 0.606. The van der Waals surface area contributed by atoms with Gasteiger partial charge in [0.1, 0.15) is 0 Å². The van der Waals surface area contributed by atoms with E-state index in [-0.39, 0.29) is 18.0 Å². The van der Waals surface area contributed by atoms with Gasteiger partial charge in [0.25, 0.3) is 0 Å². The van der Waals surface area contributed by atoms with E-state index in [1.165, 1.54) is 0 Å². The molecule has 0 saturated heterocycles. The van der Waals surface area contributed by atoms with Crippen molar-refractivity contribution in [3.63, 3.8) is 0 Å². The van der Waals surface area contributed by atoms with Crippen molar-refractivity contribution in [1.82, 2.24) is 0 Å². The van der Waals surface area contributed by atoms with Crippen LogP contribution in [-0.2, 0) is 19.1 Å². The summed E-state index contributed by atoms with van der Waals surface area (Å²) < 4.78 is 10.5. The largest absolute Gasteiger partial charge is 0.465 e. The Hall–Kier alpha value is -1.06. The smallest absolute Gasteiger partial charge is 0.311 e. The SMILES string of the molecule is CCC(C)OC(=O)C(C)(C)CCCC(=O)OCC(C)C. The van der Waals surface area contributed by atoms with Gasteiger partial charge in [0, 0.05) is 6.42 Å². The predicted molar refractivity (Wildman–Crippen MR) is 79.3 cm³/mol. The Morgan fingerprint density at radius 3 is 2.25 bits per heavy atom. The molecule has 0 aromatic rings.